The van der Waals surface area contributed by atoms with Crippen LogP contribution >= 0.6 is 11.6 Å². The van der Waals surface area contributed by atoms with Crippen molar-refractivity contribution in [2.45, 2.75) is 0 Å². The number of nitrogens with zero attached hydrogens (tertiary/aromatic N) is 2. The molecule has 0 atom stereocenters. The predicted molar refractivity (Wildman–Crippen MR) is 91.9 cm³/mol. The van der Waals surface area contributed by atoms with Gasteiger partial charge in [0.2, 0.25) is 5.95 Å². The molecule has 0 spiro atoms. The summed E-state index contributed by atoms with van der Waals surface area (Å²) in [6, 6.07) is 11.5. The number of aryl methyl sites for hydroxylation is 1. The lowest BCUT2D eigenvalue weighted by molar-refractivity contribution is 0.102. The monoisotopic (exact) mass is 342 g/mol. The van der Waals surface area contributed by atoms with Crippen molar-refractivity contribution < 1.29 is 9.18 Å². The molecule has 2 heterocycles. The minimum Gasteiger partial charge on any atom is -0.350 e. The van der Waals surface area contributed by atoms with E-state index in [9.17, 15) is 9.18 Å². The van der Waals surface area contributed by atoms with Gasteiger partial charge in [0, 0.05) is 23.0 Å². The fourth-order valence-corrected chi connectivity index (χ4v) is 2.86. The maximum atomic E-state index is 13.8. The normalized spacial score (nSPS) is 11.3. The number of benzene rings is 2. The van der Waals surface area contributed by atoms with Gasteiger partial charge in [-0.15, -0.1) is 0 Å². The third-order valence-electron chi connectivity index (χ3n) is 3.92. The van der Waals surface area contributed by atoms with Crippen molar-refractivity contribution in [3.63, 3.8) is 0 Å². The molecule has 0 saturated carbocycles. The summed E-state index contributed by atoms with van der Waals surface area (Å²) in [5.41, 5.74) is 2.36. The highest BCUT2D eigenvalue weighted by atomic mass is 35.5. The van der Waals surface area contributed by atoms with E-state index in [1.54, 1.807) is 35.9 Å². The number of carbonyl (C=O) groups excluding carboxylic acids is 1. The first-order valence-electron chi connectivity index (χ1n) is 7.23. The number of H-pyrrole nitrogens is 1. The van der Waals surface area contributed by atoms with Crippen LogP contribution in [0.4, 0.5) is 10.3 Å². The topological polar surface area (TPSA) is 62.7 Å². The molecule has 0 fully saturated rings. The molecule has 4 rings (SSSR count). The van der Waals surface area contributed by atoms with E-state index >= 15 is 0 Å². The molecule has 0 aliphatic rings. The van der Waals surface area contributed by atoms with Gasteiger partial charge < -0.3 is 9.55 Å². The van der Waals surface area contributed by atoms with Crippen LogP contribution in [0.1, 0.15) is 10.5 Å². The van der Waals surface area contributed by atoms with Crippen LogP contribution in [0.15, 0.2) is 42.5 Å². The zero-order valence-corrected chi connectivity index (χ0v) is 13.4. The highest BCUT2D eigenvalue weighted by Crippen LogP contribution is 2.23. The molecule has 0 saturated heterocycles. The second kappa shape index (κ2) is 5.35. The Bertz CT molecular complexity index is 1100. The van der Waals surface area contributed by atoms with E-state index < -0.39 is 5.91 Å². The summed E-state index contributed by atoms with van der Waals surface area (Å²) < 4.78 is 15.5. The lowest BCUT2D eigenvalue weighted by Crippen LogP contribution is -2.15. The minimum atomic E-state index is -0.393. The number of fused-ring (bicyclic) bond motifs is 2. The molecule has 2 aromatic carbocycles. The Kier molecular flexibility index (Phi) is 3.28. The van der Waals surface area contributed by atoms with Gasteiger partial charge in [-0.3, -0.25) is 10.1 Å². The Balaban J connectivity index is 1.70. The van der Waals surface area contributed by atoms with Gasteiger partial charge in [0.25, 0.3) is 5.91 Å². The minimum absolute atomic E-state index is 0.264. The number of halogens is 2. The van der Waals surface area contributed by atoms with E-state index in [1.165, 1.54) is 12.1 Å². The number of rotatable bonds is 2. The fourth-order valence-electron chi connectivity index (χ4n) is 2.69. The molecular weight excluding hydrogens is 331 g/mol. The average molecular weight is 343 g/mol. The van der Waals surface area contributed by atoms with Gasteiger partial charge in [-0.1, -0.05) is 17.7 Å². The Morgan fingerprint density at radius 3 is 2.92 bits per heavy atom. The molecule has 0 unspecified atom stereocenters. The van der Waals surface area contributed by atoms with Gasteiger partial charge in [0.05, 0.1) is 11.0 Å². The SMILES string of the molecule is Cn1c(NC(=O)c2cc3c(F)cccc3[nH]2)nc2cc(Cl)ccc21. The molecule has 0 aliphatic heterocycles. The van der Waals surface area contributed by atoms with Gasteiger partial charge in [-0.05, 0) is 36.4 Å². The van der Waals surface area contributed by atoms with Crippen molar-refractivity contribution in [1.82, 2.24) is 14.5 Å². The van der Waals surface area contributed by atoms with Crippen LogP contribution in [0.2, 0.25) is 5.02 Å². The number of aromatic nitrogens is 3. The maximum absolute atomic E-state index is 13.8. The van der Waals surface area contributed by atoms with Crippen molar-refractivity contribution >= 4 is 45.4 Å². The van der Waals surface area contributed by atoms with Crippen molar-refractivity contribution in [2.24, 2.45) is 7.05 Å². The highest BCUT2D eigenvalue weighted by molar-refractivity contribution is 6.31. The van der Waals surface area contributed by atoms with Gasteiger partial charge >= 0.3 is 0 Å². The first-order chi connectivity index (χ1) is 11.5. The number of imidazole rings is 1. The summed E-state index contributed by atoms with van der Waals surface area (Å²) in [4.78, 5) is 19.7. The largest absolute Gasteiger partial charge is 0.350 e. The molecule has 4 aromatic rings. The van der Waals surface area contributed by atoms with Gasteiger partial charge in [-0.25, -0.2) is 9.37 Å². The van der Waals surface area contributed by atoms with E-state index in [0.717, 1.165) is 5.52 Å². The second-order valence-corrected chi connectivity index (χ2v) is 5.90. The van der Waals surface area contributed by atoms with Crippen LogP contribution in [0.3, 0.4) is 0 Å². The van der Waals surface area contributed by atoms with E-state index in [1.807, 2.05) is 6.07 Å². The van der Waals surface area contributed by atoms with Crippen LogP contribution in [0.5, 0.6) is 0 Å². The molecule has 1 amide bonds. The number of nitrogens with one attached hydrogen (secondary N) is 2. The predicted octanol–water partition coefficient (Wildman–Crippen LogP) is 4.10. The Morgan fingerprint density at radius 2 is 2.12 bits per heavy atom. The van der Waals surface area contributed by atoms with Crippen molar-refractivity contribution in [2.75, 3.05) is 5.32 Å². The number of carbonyl (C=O) groups is 1. The summed E-state index contributed by atoms with van der Waals surface area (Å²) in [5.74, 6) is -0.383. The highest BCUT2D eigenvalue weighted by Gasteiger charge is 2.15. The van der Waals surface area contributed by atoms with Crippen molar-refractivity contribution in [3.05, 3.63) is 59.0 Å². The Morgan fingerprint density at radius 1 is 1.29 bits per heavy atom. The fraction of sp³-hybridized carbons (Fsp3) is 0.0588. The van der Waals surface area contributed by atoms with E-state index in [-0.39, 0.29) is 11.5 Å². The first-order valence-corrected chi connectivity index (χ1v) is 7.61. The zero-order valence-electron chi connectivity index (χ0n) is 12.6. The van der Waals surface area contributed by atoms with Gasteiger partial charge in [0.1, 0.15) is 11.5 Å². The summed E-state index contributed by atoms with van der Waals surface area (Å²) >= 11 is 5.96. The maximum Gasteiger partial charge on any atom is 0.274 e. The molecule has 2 aromatic heterocycles. The molecule has 2 N–H and O–H groups in total. The van der Waals surface area contributed by atoms with E-state index in [4.69, 9.17) is 11.6 Å². The summed E-state index contributed by atoms with van der Waals surface area (Å²) in [7, 11) is 1.80. The number of hydrogen-bond donors (Lipinski definition) is 2. The standard InChI is InChI=1S/C17H12ClFN4O/c1-23-15-6-5-9(18)7-13(15)21-17(23)22-16(24)14-8-10-11(19)3-2-4-12(10)20-14/h2-8,20H,1H3,(H,21,22,24). The summed E-state index contributed by atoms with van der Waals surface area (Å²) in [5, 5.41) is 3.68. The van der Waals surface area contributed by atoms with Crippen LogP contribution in [0.25, 0.3) is 21.9 Å². The Labute approximate surface area is 141 Å². The number of hydrogen-bond acceptors (Lipinski definition) is 2. The van der Waals surface area contributed by atoms with Crippen molar-refractivity contribution in [1.29, 1.82) is 0 Å². The summed E-state index contributed by atoms with van der Waals surface area (Å²) in [6.45, 7) is 0. The molecule has 0 radical (unpaired) electrons. The average Bonchev–Trinajstić information content (AvgIpc) is 3.11. The molecule has 120 valence electrons. The lowest BCUT2D eigenvalue weighted by atomic mass is 10.2. The van der Waals surface area contributed by atoms with Crippen LogP contribution < -0.4 is 5.32 Å². The van der Waals surface area contributed by atoms with Crippen LogP contribution in [-0.2, 0) is 7.05 Å². The van der Waals surface area contributed by atoms with Crippen LogP contribution in [-0.4, -0.2) is 20.4 Å². The lowest BCUT2D eigenvalue weighted by Gasteiger charge is -2.03. The number of anilines is 1. The molecular formula is C17H12ClFN4O. The third kappa shape index (κ3) is 2.32. The molecule has 5 nitrogen and oxygen atoms in total. The first kappa shape index (κ1) is 14.7. The van der Waals surface area contributed by atoms with E-state index in [0.29, 0.717) is 27.4 Å². The van der Waals surface area contributed by atoms with Gasteiger partial charge in [-0.2, -0.15) is 0 Å². The molecule has 0 bridgehead atoms. The van der Waals surface area contributed by atoms with Crippen LogP contribution in [0, 0.1) is 5.82 Å². The van der Waals surface area contributed by atoms with Crippen molar-refractivity contribution in [3.8, 4) is 0 Å². The molecule has 0 aliphatic carbocycles. The second-order valence-electron chi connectivity index (χ2n) is 5.47. The zero-order chi connectivity index (χ0) is 16.8. The quantitative estimate of drug-likeness (QED) is 0.576. The molecule has 24 heavy (non-hydrogen) atoms. The van der Waals surface area contributed by atoms with Gasteiger partial charge in [0.15, 0.2) is 0 Å². The summed E-state index contributed by atoms with van der Waals surface area (Å²) in [6.07, 6.45) is 0. The number of amides is 1. The number of aromatic amines is 1. The Hall–Kier alpha value is -2.86. The smallest absolute Gasteiger partial charge is 0.274 e. The van der Waals surface area contributed by atoms with E-state index in [2.05, 4.69) is 15.3 Å². The molecule has 7 heteroatoms. The third-order valence-corrected chi connectivity index (χ3v) is 4.16.